The number of aliphatic carboxylic acids is 1. The van der Waals surface area contributed by atoms with E-state index in [1.54, 1.807) is 0 Å². The molecule has 2 aromatic heterocycles. The quantitative estimate of drug-likeness (QED) is 0.0753. The van der Waals surface area contributed by atoms with Crippen LogP contribution < -0.4 is 32.3 Å². The Hall–Kier alpha value is -3.92. The molecule has 15 heteroatoms. The third-order valence-corrected chi connectivity index (χ3v) is 9.84. The molecule has 1 aromatic carbocycles. The Bertz CT molecular complexity index is 1490. The van der Waals surface area contributed by atoms with Crippen LogP contribution >= 0.6 is 0 Å². The summed E-state index contributed by atoms with van der Waals surface area (Å²) in [5, 5.41) is 35.7. The number of anilines is 2. The van der Waals surface area contributed by atoms with Crippen molar-refractivity contribution < 1.29 is 14.7 Å². The van der Waals surface area contributed by atoms with Gasteiger partial charge < -0.3 is 42.3 Å². The molecule has 280 valence electrons. The number of aryl methyl sites for hydroxylation is 1. The van der Waals surface area contributed by atoms with Crippen LogP contribution in [0.25, 0.3) is 10.9 Å². The molecule has 0 bridgehead atoms. The first kappa shape index (κ1) is 38.3. The number of carbonyl (C=O) groups is 2. The highest BCUT2D eigenvalue weighted by atomic mass is 16.4. The zero-order valence-corrected chi connectivity index (χ0v) is 30.0. The first-order valence-corrected chi connectivity index (χ1v) is 19.0. The molecule has 2 fully saturated rings. The van der Waals surface area contributed by atoms with E-state index >= 15 is 0 Å². The maximum Gasteiger partial charge on any atom is 0.320 e. The van der Waals surface area contributed by atoms with Gasteiger partial charge in [-0.15, -0.1) is 5.10 Å². The number of nitrogens with one attached hydrogen (secondary N) is 5. The summed E-state index contributed by atoms with van der Waals surface area (Å²) in [6, 6.07) is 8.13. The molecule has 1 aliphatic carbocycles. The SMILES string of the molecule is NC(CCCNC(=O)CCN1CCC(Nc2nc(NCc3cn(CCCNCCCNC4CCCCC4)nn3)nc3ccccc23)CC1)C(=O)O. The van der Waals surface area contributed by atoms with E-state index < -0.39 is 12.0 Å². The molecule has 8 N–H and O–H groups in total. The first-order valence-electron chi connectivity index (χ1n) is 19.0. The standard InChI is InChI=1S/C36H58N12O3/c37-31(35(50)51)12-6-19-40-33(49)16-24-47-22-14-28(15-23-47)42-34-30-11-4-5-13-32(30)43-36(44-34)41-25-29-26-48(46-45-29)21-8-18-38-17-7-20-39-27-9-2-1-3-10-27/h4-5,11,13,26-28,31,38-39H,1-3,6-10,12,14-25,37H2,(H,40,49)(H,50,51)(H2,41,42,43,44). The van der Waals surface area contributed by atoms with E-state index in [9.17, 15) is 9.59 Å². The zero-order valence-electron chi connectivity index (χ0n) is 30.0. The molecule has 3 aromatic rings. The normalized spacial score (nSPS) is 16.6. The minimum atomic E-state index is -1.02. The molecule has 1 saturated heterocycles. The van der Waals surface area contributed by atoms with E-state index in [0.717, 1.165) is 93.4 Å². The third kappa shape index (κ3) is 13.3. The van der Waals surface area contributed by atoms with Crippen molar-refractivity contribution >= 4 is 34.5 Å². The van der Waals surface area contributed by atoms with Gasteiger partial charge in [0.2, 0.25) is 11.9 Å². The van der Waals surface area contributed by atoms with Crippen molar-refractivity contribution in [1.29, 1.82) is 0 Å². The predicted molar refractivity (Wildman–Crippen MR) is 199 cm³/mol. The lowest BCUT2D eigenvalue weighted by Crippen LogP contribution is -2.41. The molecule has 1 saturated carbocycles. The van der Waals surface area contributed by atoms with E-state index in [2.05, 4.69) is 41.8 Å². The molecule has 0 spiro atoms. The van der Waals surface area contributed by atoms with Crippen molar-refractivity contribution in [3.05, 3.63) is 36.2 Å². The number of likely N-dealkylation sites (tertiary alicyclic amines) is 1. The topological polar surface area (TPSA) is 200 Å². The van der Waals surface area contributed by atoms with Gasteiger partial charge in [-0.05, 0) is 83.1 Å². The molecule has 1 aliphatic heterocycles. The van der Waals surface area contributed by atoms with Crippen LogP contribution in [0.3, 0.4) is 0 Å². The Morgan fingerprint density at radius 1 is 0.922 bits per heavy atom. The lowest BCUT2D eigenvalue weighted by atomic mass is 9.95. The van der Waals surface area contributed by atoms with Gasteiger partial charge >= 0.3 is 5.97 Å². The first-order chi connectivity index (χ1) is 24.9. The molecule has 15 nitrogen and oxygen atoms in total. The summed E-state index contributed by atoms with van der Waals surface area (Å²) in [4.78, 5) is 35.0. The predicted octanol–water partition coefficient (Wildman–Crippen LogP) is 2.70. The zero-order chi connectivity index (χ0) is 35.7. The number of aromatic nitrogens is 5. The fraction of sp³-hybridized carbons (Fsp3) is 0.667. The minimum absolute atomic E-state index is 0.0230. The van der Waals surface area contributed by atoms with Gasteiger partial charge in [0.25, 0.3) is 0 Å². The number of nitrogens with zero attached hydrogens (tertiary/aromatic N) is 6. The van der Waals surface area contributed by atoms with E-state index in [0.29, 0.717) is 44.8 Å². The van der Waals surface area contributed by atoms with Crippen LogP contribution in [-0.4, -0.2) is 111 Å². The van der Waals surface area contributed by atoms with Gasteiger partial charge in [0.15, 0.2) is 0 Å². The number of fused-ring (bicyclic) bond motifs is 1. The van der Waals surface area contributed by atoms with Gasteiger partial charge in [-0.2, -0.15) is 4.98 Å². The van der Waals surface area contributed by atoms with Crippen molar-refractivity contribution in [2.24, 2.45) is 5.73 Å². The average Bonchev–Trinajstić information content (AvgIpc) is 3.61. The number of rotatable bonds is 22. The molecule has 5 rings (SSSR count). The summed E-state index contributed by atoms with van der Waals surface area (Å²) >= 11 is 0. The summed E-state index contributed by atoms with van der Waals surface area (Å²) in [6.45, 7) is 7.28. The number of piperidine rings is 1. The number of carboxylic acids is 1. The number of para-hydroxylation sites is 1. The Kier molecular flexibility index (Phi) is 15.6. The fourth-order valence-electron chi connectivity index (χ4n) is 6.80. The van der Waals surface area contributed by atoms with Gasteiger partial charge in [-0.1, -0.05) is 36.6 Å². The van der Waals surface area contributed by atoms with Gasteiger partial charge in [0.1, 0.15) is 17.6 Å². The molecule has 1 amide bonds. The molecule has 51 heavy (non-hydrogen) atoms. The van der Waals surface area contributed by atoms with Crippen LogP contribution in [0.2, 0.25) is 0 Å². The highest BCUT2D eigenvalue weighted by molar-refractivity contribution is 5.90. The molecule has 1 unspecified atom stereocenters. The number of hydrogen-bond donors (Lipinski definition) is 7. The highest BCUT2D eigenvalue weighted by Crippen LogP contribution is 2.25. The molecule has 3 heterocycles. The van der Waals surface area contributed by atoms with Crippen LogP contribution in [0, 0.1) is 0 Å². The number of nitrogens with two attached hydrogens (primary N) is 1. The Labute approximate surface area is 301 Å². The van der Waals surface area contributed by atoms with Crippen LogP contribution in [0.15, 0.2) is 30.5 Å². The summed E-state index contributed by atoms with van der Waals surface area (Å²) in [5.41, 5.74) is 7.22. The lowest BCUT2D eigenvalue weighted by molar-refractivity contribution is -0.138. The maximum absolute atomic E-state index is 12.3. The average molecular weight is 707 g/mol. The van der Waals surface area contributed by atoms with Crippen molar-refractivity contribution in [1.82, 2.24) is 45.8 Å². The summed E-state index contributed by atoms with van der Waals surface area (Å²) in [5.74, 6) is 0.315. The monoisotopic (exact) mass is 706 g/mol. The summed E-state index contributed by atoms with van der Waals surface area (Å²) < 4.78 is 1.90. The van der Waals surface area contributed by atoms with Crippen molar-refractivity contribution in [3.8, 4) is 0 Å². The van der Waals surface area contributed by atoms with Crippen LogP contribution in [0.5, 0.6) is 0 Å². The van der Waals surface area contributed by atoms with Gasteiger partial charge in [0, 0.05) is 56.6 Å². The van der Waals surface area contributed by atoms with Gasteiger partial charge in [0.05, 0.1) is 18.3 Å². The Morgan fingerprint density at radius 2 is 1.73 bits per heavy atom. The fourth-order valence-corrected chi connectivity index (χ4v) is 6.80. The summed E-state index contributed by atoms with van der Waals surface area (Å²) in [6.07, 6.45) is 14.1. The Morgan fingerprint density at radius 3 is 2.55 bits per heavy atom. The molecule has 2 aliphatic rings. The van der Waals surface area contributed by atoms with Crippen molar-refractivity contribution in [2.75, 3.05) is 56.4 Å². The number of carboxylic acid groups (broad SMARTS) is 1. The largest absolute Gasteiger partial charge is 0.480 e. The number of amides is 1. The van der Waals surface area contributed by atoms with Gasteiger partial charge in [-0.3, -0.25) is 14.3 Å². The number of benzene rings is 1. The lowest BCUT2D eigenvalue weighted by Gasteiger charge is -2.32. The highest BCUT2D eigenvalue weighted by Gasteiger charge is 2.21. The smallest absolute Gasteiger partial charge is 0.320 e. The molecule has 0 radical (unpaired) electrons. The number of hydrogen-bond acceptors (Lipinski definition) is 12. The van der Waals surface area contributed by atoms with Crippen LogP contribution in [0.1, 0.15) is 82.7 Å². The van der Waals surface area contributed by atoms with E-state index in [-0.39, 0.29) is 11.9 Å². The second kappa shape index (κ2) is 20.8. The number of carbonyl (C=O) groups excluding carboxylic acids is 1. The van der Waals surface area contributed by atoms with E-state index in [1.807, 2.05) is 35.1 Å². The van der Waals surface area contributed by atoms with Gasteiger partial charge in [-0.25, -0.2) is 4.98 Å². The third-order valence-electron chi connectivity index (χ3n) is 9.84. The van der Waals surface area contributed by atoms with Crippen molar-refractivity contribution in [2.45, 2.75) is 108 Å². The summed E-state index contributed by atoms with van der Waals surface area (Å²) in [7, 11) is 0. The maximum atomic E-state index is 12.3. The van der Waals surface area contributed by atoms with Crippen LogP contribution in [-0.2, 0) is 22.7 Å². The van der Waals surface area contributed by atoms with E-state index in [1.165, 1.54) is 32.1 Å². The van der Waals surface area contributed by atoms with E-state index in [4.69, 9.17) is 20.8 Å². The minimum Gasteiger partial charge on any atom is -0.480 e. The second-order valence-electron chi connectivity index (χ2n) is 13.9. The molecular formula is C36H58N12O3. The molecular weight excluding hydrogens is 648 g/mol. The van der Waals surface area contributed by atoms with Crippen molar-refractivity contribution in [3.63, 3.8) is 0 Å². The van der Waals surface area contributed by atoms with Crippen LogP contribution in [0.4, 0.5) is 11.8 Å². The second-order valence-corrected chi connectivity index (χ2v) is 13.9. The Balaban J connectivity index is 0.990. The molecule has 1 atom stereocenters.